The zero-order chi connectivity index (χ0) is 18.5. The van der Waals surface area contributed by atoms with Gasteiger partial charge in [0, 0.05) is 25.7 Å². The van der Waals surface area contributed by atoms with E-state index in [9.17, 15) is 9.59 Å². The van der Waals surface area contributed by atoms with Crippen molar-refractivity contribution in [1.82, 2.24) is 4.90 Å². The normalized spacial score (nSPS) is 12.6. The van der Waals surface area contributed by atoms with E-state index in [1.54, 1.807) is 16.9 Å². The first-order valence-electron chi connectivity index (χ1n) is 8.86. The van der Waals surface area contributed by atoms with Crippen molar-refractivity contribution in [3.8, 4) is 5.75 Å². The van der Waals surface area contributed by atoms with Crippen LogP contribution in [0.2, 0.25) is 0 Å². The summed E-state index contributed by atoms with van der Waals surface area (Å²) in [6.07, 6.45) is 1.51. The summed E-state index contributed by atoms with van der Waals surface area (Å²) in [4.78, 5) is 28.2. The Bertz CT molecular complexity index is 803. The number of para-hydroxylation sites is 2. The lowest BCUT2D eigenvalue weighted by molar-refractivity contribution is -0.133. The van der Waals surface area contributed by atoms with E-state index < -0.39 is 0 Å². The molecule has 5 heteroatoms. The maximum absolute atomic E-state index is 12.8. The first kappa shape index (κ1) is 18.0. The first-order chi connectivity index (χ1) is 12.6. The number of nitrogens with zero attached hydrogens (tertiary/aromatic N) is 2. The van der Waals surface area contributed by atoms with Gasteiger partial charge >= 0.3 is 0 Å². The van der Waals surface area contributed by atoms with Crippen LogP contribution < -0.4 is 9.64 Å². The van der Waals surface area contributed by atoms with Crippen molar-refractivity contribution >= 4 is 17.5 Å². The molecule has 0 radical (unpaired) electrons. The smallest absolute Gasteiger partial charge is 0.246 e. The molecule has 0 aliphatic carbocycles. The number of rotatable bonds is 6. The Balaban J connectivity index is 1.66. The monoisotopic (exact) mass is 352 g/mol. The van der Waals surface area contributed by atoms with Crippen LogP contribution in [0, 0.1) is 0 Å². The Morgan fingerprint density at radius 1 is 1.12 bits per heavy atom. The highest BCUT2D eigenvalue weighted by atomic mass is 16.5. The zero-order valence-electron chi connectivity index (χ0n) is 15.3. The van der Waals surface area contributed by atoms with Gasteiger partial charge in [-0.3, -0.25) is 9.59 Å². The minimum absolute atomic E-state index is 0.0369. The number of fused-ring (bicyclic) bond motifs is 1. The Morgan fingerprint density at radius 3 is 2.62 bits per heavy atom. The topological polar surface area (TPSA) is 49.9 Å². The molecule has 0 saturated carbocycles. The molecule has 0 aromatic heterocycles. The summed E-state index contributed by atoms with van der Waals surface area (Å²) in [7, 11) is 1.63. The van der Waals surface area contributed by atoms with Crippen LogP contribution in [0.5, 0.6) is 5.75 Å². The number of carbonyl (C=O) groups excluding carboxylic acids is 2. The molecular weight excluding hydrogens is 328 g/mol. The van der Waals surface area contributed by atoms with Crippen LogP contribution in [0.25, 0.3) is 0 Å². The molecule has 5 nitrogen and oxygen atoms in total. The van der Waals surface area contributed by atoms with Crippen molar-refractivity contribution in [2.24, 2.45) is 0 Å². The van der Waals surface area contributed by atoms with Crippen molar-refractivity contribution < 1.29 is 14.3 Å². The van der Waals surface area contributed by atoms with Gasteiger partial charge in [-0.1, -0.05) is 36.4 Å². The third-order valence-corrected chi connectivity index (χ3v) is 4.80. The zero-order valence-corrected chi connectivity index (χ0v) is 15.3. The fraction of sp³-hybridized carbons (Fsp3) is 0.333. The van der Waals surface area contributed by atoms with Crippen LogP contribution in [-0.4, -0.2) is 43.5 Å². The summed E-state index contributed by atoms with van der Waals surface area (Å²) in [6.45, 7) is 2.76. The predicted octanol–water partition coefficient (Wildman–Crippen LogP) is 2.68. The average molecular weight is 352 g/mol. The number of methoxy groups -OCH3 is 1. The van der Waals surface area contributed by atoms with Crippen molar-refractivity contribution in [3.05, 3.63) is 59.7 Å². The number of ether oxygens (including phenoxy) is 1. The highest BCUT2D eigenvalue weighted by molar-refractivity contribution is 5.98. The van der Waals surface area contributed by atoms with E-state index in [-0.39, 0.29) is 18.4 Å². The molecule has 0 N–H and O–H groups in total. The molecule has 1 aliphatic rings. The van der Waals surface area contributed by atoms with E-state index in [1.807, 2.05) is 48.5 Å². The van der Waals surface area contributed by atoms with Gasteiger partial charge in [0.25, 0.3) is 0 Å². The largest absolute Gasteiger partial charge is 0.496 e. The summed E-state index contributed by atoms with van der Waals surface area (Å²) in [5, 5.41) is 0. The standard InChI is InChI=1S/C21H24N2O3/c1-16(24)22(13-11-18-8-4-6-10-20(18)26-2)15-21(25)23-14-12-17-7-3-5-9-19(17)23/h3-10H,11-15H2,1-2H3. The Hall–Kier alpha value is -2.82. The van der Waals surface area contributed by atoms with Crippen molar-refractivity contribution in [2.75, 3.05) is 31.6 Å². The van der Waals surface area contributed by atoms with Crippen molar-refractivity contribution in [2.45, 2.75) is 19.8 Å². The van der Waals surface area contributed by atoms with E-state index >= 15 is 0 Å². The van der Waals surface area contributed by atoms with Crippen molar-refractivity contribution in [3.63, 3.8) is 0 Å². The summed E-state index contributed by atoms with van der Waals surface area (Å²) in [5.41, 5.74) is 3.18. The van der Waals surface area contributed by atoms with Crippen LogP contribution in [0.4, 0.5) is 5.69 Å². The van der Waals surface area contributed by atoms with Gasteiger partial charge in [-0.15, -0.1) is 0 Å². The van der Waals surface area contributed by atoms with E-state index in [1.165, 1.54) is 12.5 Å². The molecule has 3 rings (SSSR count). The minimum Gasteiger partial charge on any atom is -0.496 e. The Labute approximate surface area is 154 Å². The van der Waals surface area contributed by atoms with Crippen LogP contribution in [0.15, 0.2) is 48.5 Å². The molecule has 2 amide bonds. The summed E-state index contributed by atoms with van der Waals surface area (Å²) < 4.78 is 5.36. The molecule has 2 aromatic carbocycles. The van der Waals surface area contributed by atoms with Gasteiger partial charge < -0.3 is 14.5 Å². The van der Waals surface area contributed by atoms with Crippen LogP contribution >= 0.6 is 0 Å². The van der Waals surface area contributed by atoms with Gasteiger partial charge in [0.05, 0.1) is 7.11 Å². The number of anilines is 1. The van der Waals surface area contributed by atoms with Gasteiger partial charge in [0.2, 0.25) is 11.8 Å². The molecule has 1 aliphatic heterocycles. The Morgan fingerprint density at radius 2 is 1.85 bits per heavy atom. The second-order valence-electron chi connectivity index (χ2n) is 6.43. The molecule has 26 heavy (non-hydrogen) atoms. The van der Waals surface area contributed by atoms with Crippen LogP contribution in [0.1, 0.15) is 18.1 Å². The predicted molar refractivity (Wildman–Crippen MR) is 101 cm³/mol. The average Bonchev–Trinajstić information content (AvgIpc) is 3.09. The molecule has 0 unspecified atom stereocenters. The van der Waals surface area contributed by atoms with E-state index in [2.05, 4.69) is 0 Å². The number of amides is 2. The second-order valence-corrected chi connectivity index (χ2v) is 6.43. The van der Waals surface area contributed by atoms with Gasteiger partial charge in [0.1, 0.15) is 12.3 Å². The number of hydrogen-bond acceptors (Lipinski definition) is 3. The summed E-state index contributed by atoms with van der Waals surface area (Å²) in [6, 6.07) is 15.7. The highest BCUT2D eigenvalue weighted by Crippen LogP contribution is 2.27. The molecule has 0 fully saturated rings. The quantitative estimate of drug-likeness (QED) is 0.803. The van der Waals surface area contributed by atoms with Crippen molar-refractivity contribution in [1.29, 1.82) is 0 Å². The number of hydrogen-bond donors (Lipinski definition) is 0. The fourth-order valence-corrected chi connectivity index (χ4v) is 3.36. The molecule has 136 valence electrons. The van der Waals surface area contributed by atoms with E-state index in [0.717, 1.165) is 23.4 Å². The minimum atomic E-state index is -0.0965. The second kappa shape index (κ2) is 8.04. The van der Waals surface area contributed by atoms with E-state index in [4.69, 9.17) is 4.74 Å². The molecule has 0 atom stereocenters. The maximum Gasteiger partial charge on any atom is 0.246 e. The lowest BCUT2D eigenvalue weighted by atomic mass is 10.1. The third kappa shape index (κ3) is 3.87. The molecule has 0 bridgehead atoms. The van der Waals surface area contributed by atoms with E-state index in [0.29, 0.717) is 19.5 Å². The summed E-state index contributed by atoms with van der Waals surface area (Å²) >= 11 is 0. The molecule has 1 heterocycles. The molecule has 0 spiro atoms. The third-order valence-electron chi connectivity index (χ3n) is 4.80. The maximum atomic E-state index is 12.8. The molecule has 0 saturated heterocycles. The van der Waals surface area contributed by atoms with Gasteiger partial charge in [-0.2, -0.15) is 0 Å². The fourth-order valence-electron chi connectivity index (χ4n) is 3.36. The lowest BCUT2D eigenvalue weighted by Gasteiger charge is -2.25. The SMILES string of the molecule is COc1ccccc1CCN(CC(=O)N1CCc2ccccc21)C(C)=O. The number of benzene rings is 2. The van der Waals surface area contributed by atoms with Gasteiger partial charge in [0.15, 0.2) is 0 Å². The summed E-state index contributed by atoms with van der Waals surface area (Å²) in [5.74, 6) is 0.668. The van der Waals surface area contributed by atoms with Crippen LogP contribution in [0.3, 0.4) is 0 Å². The highest BCUT2D eigenvalue weighted by Gasteiger charge is 2.26. The Kier molecular flexibility index (Phi) is 5.56. The van der Waals surface area contributed by atoms with Crippen LogP contribution in [-0.2, 0) is 22.4 Å². The first-order valence-corrected chi connectivity index (χ1v) is 8.86. The van der Waals surface area contributed by atoms with Gasteiger partial charge in [-0.05, 0) is 36.1 Å². The lowest BCUT2D eigenvalue weighted by Crippen LogP contribution is -2.42. The van der Waals surface area contributed by atoms with Gasteiger partial charge in [-0.25, -0.2) is 0 Å². The number of carbonyl (C=O) groups is 2. The molecular formula is C21H24N2O3. The molecule has 2 aromatic rings.